The van der Waals surface area contributed by atoms with E-state index >= 15 is 0 Å². The van der Waals surface area contributed by atoms with E-state index in [4.69, 9.17) is 11.6 Å². The number of methoxy groups -OCH3 is 1. The van der Waals surface area contributed by atoms with E-state index in [2.05, 4.69) is 16.9 Å². The van der Waals surface area contributed by atoms with Gasteiger partial charge in [0.05, 0.1) is 18.4 Å². The highest BCUT2D eigenvalue weighted by Gasteiger charge is 2.27. The summed E-state index contributed by atoms with van der Waals surface area (Å²) in [6.45, 7) is 1.82. The van der Waals surface area contributed by atoms with E-state index in [1.165, 1.54) is 7.11 Å². The van der Waals surface area contributed by atoms with Crippen molar-refractivity contribution in [3.05, 3.63) is 60.2 Å². The lowest BCUT2D eigenvalue weighted by Gasteiger charge is -2.21. The van der Waals surface area contributed by atoms with Crippen LogP contribution in [0.2, 0.25) is 0 Å². The molecule has 2 nitrogen and oxygen atoms in total. The van der Waals surface area contributed by atoms with Crippen molar-refractivity contribution in [2.24, 2.45) is 0 Å². The van der Waals surface area contributed by atoms with Crippen LogP contribution in [0.3, 0.4) is 0 Å². The monoisotopic (exact) mass is 288 g/mol. The molecule has 2 aromatic carbocycles. The first-order valence-corrected chi connectivity index (χ1v) is 6.82. The van der Waals surface area contributed by atoms with E-state index < -0.39 is 4.87 Å². The molecule has 0 radical (unpaired) electrons. The van der Waals surface area contributed by atoms with Crippen molar-refractivity contribution < 1.29 is 9.53 Å². The van der Waals surface area contributed by atoms with Crippen molar-refractivity contribution in [1.82, 2.24) is 0 Å². The van der Waals surface area contributed by atoms with Crippen LogP contribution in [-0.2, 0) is 14.4 Å². The molecule has 1 atom stereocenters. The molecule has 0 N–H and O–H groups in total. The van der Waals surface area contributed by atoms with Gasteiger partial charge in [0.25, 0.3) is 0 Å². The Bertz CT molecular complexity index is 574. The maximum Gasteiger partial charge on any atom is 0.307 e. The Morgan fingerprint density at radius 1 is 1.05 bits per heavy atom. The van der Waals surface area contributed by atoms with Gasteiger partial charge in [-0.3, -0.25) is 4.79 Å². The number of hydrogen-bond donors (Lipinski definition) is 0. The van der Waals surface area contributed by atoms with Crippen molar-refractivity contribution in [3.63, 3.8) is 0 Å². The Balaban J connectivity index is 2.22. The summed E-state index contributed by atoms with van der Waals surface area (Å²) in [6, 6.07) is 18.1. The van der Waals surface area contributed by atoms with E-state index in [9.17, 15) is 4.79 Å². The molecule has 0 amide bonds. The van der Waals surface area contributed by atoms with Gasteiger partial charge in [-0.15, -0.1) is 11.6 Å². The van der Waals surface area contributed by atoms with Crippen LogP contribution in [0.1, 0.15) is 18.9 Å². The largest absolute Gasteiger partial charge is 0.469 e. The quantitative estimate of drug-likeness (QED) is 0.617. The third-order valence-corrected chi connectivity index (χ3v) is 3.65. The van der Waals surface area contributed by atoms with Crippen LogP contribution >= 0.6 is 11.6 Å². The number of rotatable bonds is 4. The molecule has 1 unspecified atom stereocenters. The Hall–Kier alpha value is -1.80. The topological polar surface area (TPSA) is 26.3 Å². The van der Waals surface area contributed by atoms with Crippen LogP contribution in [0, 0.1) is 0 Å². The number of esters is 1. The summed E-state index contributed by atoms with van der Waals surface area (Å²) in [7, 11) is 1.37. The average Bonchev–Trinajstić information content (AvgIpc) is 2.48. The number of alkyl halides is 1. The van der Waals surface area contributed by atoms with Crippen molar-refractivity contribution >= 4 is 17.6 Å². The minimum Gasteiger partial charge on any atom is -0.469 e. The SMILES string of the molecule is COC(=O)CC(C)(Cl)c1ccc(-c2ccccc2)cc1. The second kappa shape index (κ2) is 6.10. The lowest BCUT2D eigenvalue weighted by atomic mass is 9.94. The zero-order valence-corrected chi connectivity index (χ0v) is 12.4. The minimum absolute atomic E-state index is 0.149. The van der Waals surface area contributed by atoms with Gasteiger partial charge >= 0.3 is 5.97 Å². The summed E-state index contributed by atoms with van der Waals surface area (Å²) >= 11 is 6.43. The molecule has 0 aliphatic heterocycles. The zero-order valence-electron chi connectivity index (χ0n) is 11.6. The van der Waals surface area contributed by atoms with Crippen LogP contribution < -0.4 is 0 Å². The lowest BCUT2D eigenvalue weighted by Crippen LogP contribution is -2.19. The van der Waals surface area contributed by atoms with Gasteiger partial charge in [0.1, 0.15) is 0 Å². The van der Waals surface area contributed by atoms with Crippen LogP contribution in [-0.4, -0.2) is 13.1 Å². The van der Waals surface area contributed by atoms with Gasteiger partial charge < -0.3 is 4.74 Å². The number of ether oxygens (including phenoxy) is 1. The zero-order chi connectivity index (χ0) is 14.6. The van der Waals surface area contributed by atoms with Crippen LogP contribution in [0.15, 0.2) is 54.6 Å². The summed E-state index contributed by atoms with van der Waals surface area (Å²) in [6.07, 6.45) is 0.149. The second-order valence-corrected chi connectivity index (χ2v) is 5.73. The minimum atomic E-state index is -0.748. The van der Waals surface area contributed by atoms with E-state index in [-0.39, 0.29) is 12.4 Å². The maximum atomic E-state index is 11.4. The predicted molar refractivity (Wildman–Crippen MR) is 81.7 cm³/mol. The van der Waals surface area contributed by atoms with Gasteiger partial charge in [0.2, 0.25) is 0 Å². The Labute approximate surface area is 124 Å². The van der Waals surface area contributed by atoms with Crippen molar-refractivity contribution in [2.45, 2.75) is 18.2 Å². The number of benzene rings is 2. The average molecular weight is 289 g/mol. The lowest BCUT2D eigenvalue weighted by molar-refractivity contribution is -0.141. The first kappa shape index (κ1) is 14.6. The summed E-state index contributed by atoms with van der Waals surface area (Å²) in [4.78, 5) is 10.6. The summed E-state index contributed by atoms with van der Waals surface area (Å²) in [5.74, 6) is -0.311. The normalized spacial score (nSPS) is 13.6. The van der Waals surface area contributed by atoms with Gasteiger partial charge in [-0.25, -0.2) is 0 Å². The van der Waals surface area contributed by atoms with E-state index in [1.54, 1.807) is 0 Å². The van der Waals surface area contributed by atoms with Crippen molar-refractivity contribution in [2.75, 3.05) is 7.11 Å². The fourth-order valence-electron chi connectivity index (χ4n) is 2.09. The highest BCUT2D eigenvalue weighted by Crippen LogP contribution is 2.33. The third-order valence-electron chi connectivity index (χ3n) is 3.30. The third kappa shape index (κ3) is 3.40. The summed E-state index contributed by atoms with van der Waals surface area (Å²) in [5, 5.41) is 0. The van der Waals surface area contributed by atoms with Gasteiger partial charge in [0, 0.05) is 0 Å². The Kier molecular flexibility index (Phi) is 4.46. The van der Waals surface area contributed by atoms with Gasteiger partial charge in [-0.05, 0) is 23.6 Å². The molecule has 0 saturated carbocycles. The van der Waals surface area contributed by atoms with Gasteiger partial charge in [-0.2, -0.15) is 0 Å². The smallest absolute Gasteiger partial charge is 0.307 e. The Morgan fingerprint density at radius 2 is 1.60 bits per heavy atom. The van der Waals surface area contributed by atoms with Gasteiger partial charge in [-0.1, -0.05) is 54.6 Å². The molecule has 0 saturated heterocycles. The standard InChI is InChI=1S/C17H17ClO2/c1-17(18,12-16(19)20-2)15-10-8-14(9-11-15)13-6-4-3-5-7-13/h3-11H,12H2,1-2H3. The van der Waals surface area contributed by atoms with E-state index in [0.29, 0.717) is 0 Å². The van der Waals surface area contributed by atoms with E-state index in [0.717, 1.165) is 16.7 Å². The highest BCUT2D eigenvalue weighted by atomic mass is 35.5. The first-order valence-electron chi connectivity index (χ1n) is 6.44. The first-order chi connectivity index (χ1) is 9.53. The molecule has 0 aliphatic carbocycles. The number of hydrogen-bond acceptors (Lipinski definition) is 2. The number of carbonyl (C=O) groups excluding carboxylic acids is 1. The molecule has 20 heavy (non-hydrogen) atoms. The van der Waals surface area contributed by atoms with Crippen LogP contribution in [0.5, 0.6) is 0 Å². The van der Waals surface area contributed by atoms with Crippen molar-refractivity contribution in [1.29, 1.82) is 0 Å². The molecule has 0 bridgehead atoms. The molecule has 0 aliphatic rings. The molecular weight excluding hydrogens is 272 g/mol. The summed E-state index contributed by atoms with van der Waals surface area (Å²) < 4.78 is 4.68. The summed E-state index contributed by atoms with van der Waals surface area (Å²) in [5.41, 5.74) is 3.19. The van der Waals surface area contributed by atoms with Crippen molar-refractivity contribution in [3.8, 4) is 11.1 Å². The van der Waals surface area contributed by atoms with E-state index in [1.807, 2.05) is 49.4 Å². The molecule has 2 aromatic rings. The molecule has 0 aromatic heterocycles. The van der Waals surface area contributed by atoms with Crippen LogP contribution in [0.25, 0.3) is 11.1 Å². The molecule has 104 valence electrons. The van der Waals surface area contributed by atoms with Crippen LogP contribution in [0.4, 0.5) is 0 Å². The molecule has 0 heterocycles. The fraction of sp³-hybridized carbons (Fsp3) is 0.235. The number of carbonyl (C=O) groups is 1. The maximum absolute atomic E-state index is 11.4. The fourth-order valence-corrected chi connectivity index (χ4v) is 2.32. The Morgan fingerprint density at radius 3 is 2.15 bits per heavy atom. The molecule has 3 heteroatoms. The number of halogens is 1. The molecular formula is C17H17ClO2. The highest BCUT2D eigenvalue weighted by molar-refractivity contribution is 6.24. The molecule has 2 rings (SSSR count). The molecule has 0 spiro atoms. The van der Waals surface area contributed by atoms with Gasteiger partial charge in [0.15, 0.2) is 0 Å². The second-order valence-electron chi connectivity index (χ2n) is 4.89. The molecule has 0 fully saturated rings. The predicted octanol–water partition coefficient (Wildman–Crippen LogP) is 4.37.